The highest BCUT2D eigenvalue weighted by Crippen LogP contribution is 1.97. The first-order chi connectivity index (χ1) is 7.90. The Labute approximate surface area is 97.9 Å². The number of hydrogen-bond acceptors (Lipinski definition) is 1. The van der Waals surface area contributed by atoms with Gasteiger partial charge in [-0.05, 0) is 19.1 Å². The molecule has 0 aliphatic carbocycles. The lowest BCUT2D eigenvalue weighted by atomic mass is 10.2. The summed E-state index contributed by atoms with van der Waals surface area (Å²) in [5, 5.41) is 2.41. The van der Waals surface area contributed by atoms with Crippen LogP contribution in [0.1, 0.15) is 25.5 Å². The third-order valence-corrected chi connectivity index (χ3v) is 3.61. The molecule has 1 aromatic heterocycles. The molecule has 1 fully saturated rings. The number of likely N-dealkylation sites (tertiary alicyclic amines) is 1. The SMILES string of the molecule is CC[NH+]1CCC[C@@H]1C[NH2+]Cc1ccccn1. The Morgan fingerprint density at radius 1 is 1.50 bits per heavy atom. The van der Waals surface area contributed by atoms with Crippen molar-refractivity contribution in [2.24, 2.45) is 0 Å². The van der Waals surface area contributed by atoms with E-state index in [9.17, 15) is 0 Å². The van der Waals surface area contributed by atoms with Gasteiger partial charge in [-0.3, -0.25) is 4.98 Å². The summed E-state index contributed by atoms with van der Waals surface area (Å²) in [6, 6.07) is 7.02. The molecule has 0 amide bonds. The van der Waals surface area contributed by atoms with Crippen molar-refractivity contribution in [3.63, 3.8) is 0 Å². The summed E-state index contributed by atoms with van der Waals surface area (Å²) >= 11 is 0. The van der Waals surface area contributed by atoms with E-state index >= 15 is 0 Å². The van der Waals surface area contributed by atoms with E-state index in [0.29, 0.717) is 0 Å². The van der Waals surface area contributed by atoms with E-state index in [1.165, 1.54) is 38.2 Å². The summed E-state index contributed by atoms with van der Waals surface area (Å²) in [5.74, 6) is 0. The van der Waals surface area contributed by atoms with Gasteiger partial charge in [-0.1, -0.05) is 6.07 Å². The molecule has 3 heteroatoms. The van der Waals surface area contributed by atoms with Crippen LogP contribution in [-0.2, 0) is 6.54 Å². The lowest BCUT2D eigenvalue weighted by Crippen LogP contribution is -3.16. The Morgan fingerprint density at radius 3 is 3.19 bits per heavy atom. The van der Waals surface area contributed by atoms with Gasteiger partial charge in [0.05, 0.1) is 18.8 Å². The topological polar surface area (TPSA) is 33.9 Å². The Balaban J connectivity index is 1.72. The highest BCUT2D eigenvalue weighted by atomic mass is 15.2. The molecule has 1 aliphatic heterocycles. The maximum Gasteiger partial charge on any atom is 0.137 e. The molecule has 2 rings (SSSR count). The lowest BCUT2D eigenvalue weighted by molar-refractivity contribution is -0.925. The van der Waals surface area contributed by atoms with Gasteiger partial charge in [0.15, 0.2) is 0 Å². The minimum absolute atomic E-state index is 0.869. The first-order valence-corrected chi connectivity index (χ1v) is 6.46. The second-order valence-corrected chi connectivity index (χ2v) is 4.65. The summed E-state index contributed by atoms with van der Waals surface area (Å²) < 4.78 is 0. The van der Waals surface area contributed by atoms with Crippen molar-refractivity contribution in [3.05, 3.63) is 30.1 Å². The quantitative estimate of drug-likeness (QED) is 0.671. The zero-order valence-corrected chi connectivity index (χ0v) is 10.2. The molecule has 2 heterocycles. The van der Waals surface area contributed by atoms with Crippen LogP contribution in [-0.4, -0.2) is 30.7 Å². The van der Waals surface area contributed by atoms with E-state index in [2.05, 4.69) is 29.4 Å². The van der Waals surface area contributed by atoms with Crippen molar-refractivity contribution < 1.29 is 10.2 Å². The number of nitrogens with zero attached hydrogens (tertiary/aromatic N) is 1. The van der Waals surface area contributed by atoms with E-state index in [4.69, 9.17) is 0 Å². The van der Waals surface area contributed by atoms with Crippen molar-refractivity contribution in [2.75, 3.05) is 19.6 Å². The maximum atomic E-state index is 4.34. The van der Waals surface area contributed by atoms with Crippen LogP contribution in [0.2, 0.25) is 0 Å². The number of rotatable bonds is 5. The fourth-order valence-corrected chi connectivity index (χ4v) is 2.69. The molecule has 0 aromatic carbocycles. The number of pyridine rings is 1. The van der Waals surface area contributed by atoms with Crippen molar-refractivity contribution in [3.8, 4) is 0 Å². The van der Waals surface area contributed by atoms with Crippen molar-refractivity contribution >= 4 is 0 Å². The van der Waals surface area contributed by atoms with Gasteiger partial charge in [0.2, 0.25) is 0 Å². The number of quaternary nitrogens is 2. The van der Waals surface area contributed by atoms with Gasteiger partial charge in [-0.2, -0.15) is 0 Å². The van der Waals surface area contributed by atoms with E-state index in [-0.39, 0.29) is 0 Å². The fourth-order valence-electron chi connectivity index (χ4n) is 2.69. The second-order valence-electron chi connectivity index (χ2n) is 4.65. The molecule has 0 bridgehead atoms. The van der Waals surface area contributed by atoms with Crippen molar-refractivity contribution in [1.29, 1.82) is 0 Å². The third kappa shape index (κ3) is 3.03. The molecule has 88 valence electrons. The van der Waals surface area contributed by atoms with Gasteiger partial charge < -0.3 is 10.2 Å². The molecule has 1 unspecified atom stereocenters. The fraction of sp³-hybridized carbons (Fsp3) is 0.615. The maximum absolute atomic E-state index is 4.34. The molecule has 0 radical (unpaired) electrons. The first-order valence-electron chi connectivity index (χ1n) is 6.46. The molecular formula is C13H23N3+2. The van der Waals surface area contributed by atoms with Gasteiger partial charge in [-0.15, -0.1) is 0 Å². The third-order valence-electron chi connectivity index (χ3n) is 3.61. The van der Waals surface area contributed by atoms with Gasteiger partial charge in [-0.25, -0.2) is 0 Å². The molecule has 0 spiro atoms. The van der Waals surface area contributed by atoms with E-state index < -0.39 is 0 Å². The Kier molecular flexibility index (Phi) is 4.31. The summed E-state index contributed by atoms with van der Waals surface area (Å²) in [5.41, 5.74) is 1.19. The minimum Gasteiger partial charge on any atom is -0.336 e. The molecule has 16 heavy (non-hydrogen) atoms. The predicted molar refractivity (Wildman–Crippen MR) is 64.1 cm³/mol. The average molecular weight is 221 g/mol. The van der Waals surface area contributed by atoms with Crippen molar-refractivity contribution in [2.45, 2.75) is 32.4 Å². The van der Waals surface area contributed by atoms with E-state index in [1.807, 2.05) is 12.3 Å². The van der Waals surface area contributed by atoms with Crippen LogP contribution in [0.3, 0.4) is 0 Å². The largest absolute Gasteiger partial charge is 0.336 e. The Morgan fingerprint density at radius 2 is 2.44 bits per heavy atom. The molecule has 1 aromatic rings. The van der Waals surface area contributed by atoms with Crippen LogP contribution in [0, 0.1) is 0 Å². The summed E-state index contributed by atoms with van der Waals surface area (Å²) in [7, 11) is 0. The molecule has 1 saturated heterocycles. The first kappa shape index (κ1) is 11.6. The highest BCUT2D eigenvalue weighted by Gasteiger charge is 2.27. The van der Waals surface area contributed by atoms with Crippen LogP contribution in [0.25, 0.3) is 0 Å². The van der Waals surface area contributed by atoms with E-state index in [1.54, 1.807) is 4.90 Å². The summed E-state index contributed by atoms with van der Waals surface area (Å²) in [6.45, 7) is 7.22. The van der Waals surface area contributed by atoms with Gasteiger partial charge in [0.1, 0.15) is 19.1 Å². The molecular weight excluding hydrogens is 198 g/mol. The summed E-state index contributed by atoms with van der Waals surface area (Å²) in [6.07, 6.45) is 4.69. The molecule has 0 saturated carbocycles. The normalized spacial score (nSPS) is 24.8. The molecule has 3 N–H and O–H groups in total. The standard InChI is InChI=1S/C13H21N3/c1-2-16-9-5-7-13(16)11-14-10-12-6-3-4-8-15-12/h3-4,6,8,13-14H,2,5,7,9-11H2,1H3/p+2/t13-/m1/s1. The van der Waals surface area contributed by atoms with Crippen LogP contribution < -0.4 is 10.2 Å². The van der Waals surface area contributed by atoms with Crippen LogP contribution in [0.4, 0.5) is 0 Å². The molecule has 3 nitrogen and oxygen atoms in total. The Bertz CT molecular complexity index is 299. The lowest BCUT2D eigenvalue weighted by Gasteiger charge is -2.18. The minimum atomic E-state index is 0.869. The number of likely N-dealkylation sites (N-methyl/N-ethyl adjacent to an activating group) is 1. The Hall–Kier alpha value is -0.930. The number of nitrogens with two attached hydrogens (primary N) is 1. The number of nitrogens with one attached hydrogen (secondary N) is 1. The average Bonchev–Trinajstić information content (AvgIpc) is 2.78. The monoisotopic (exact) mass is 221 g/mol. The zero-order valence-electron chi connectivity index (χ0n) is 10.2. The second kappa shape index (κ2) is 5.97. The van der Waals surface area contributed by atoms with Gasteiger partial charge in [0, 0.05) is 19.0 Å². The molecule has 2 atom stereocenters. The smallest absolute Gasteiger partial charge is 0.137 e. The molecule has 1 aliphatic rings. The highest BCUT2D eigenvalue weighted by molar-refractivity contribution is 5.01. The summed E-state index contributed by atoms with van der Waals surface area (Å²) in [4.78, 5) is 6.13. The van der Waals surface area contributed by atoms with E-state index in [0.717, 1.165) is 12.6 Å². The van der Waals surface area contributed by atoms with Crippen molar-refractivity contribution in [1.82, 2.24) is 4.98 Å². The van der Waals surface area contributed by atoms with Gasteiger partial charge in [0.25, 0.3) is 0 Å². The number of aromatic nitrogens is 1. The van der Waals surface area contributed by atoms with Crippen LogP contribution >= 0.6 is 0 Å². The predicted octanol–water partition coefficient (Wildman–Crippen LogP) is -0.788. The number of hydrogen-bond donors (Lipinski definition) is 2. The zero-order chi connectivity index (χ0) is 11.2. The van der Waals surface area contributed by atoms with Crippen LogP contribution in [0.5, 0.6) is 0 Å². The van der Waals surface area contributed by atoms with Crippen LogP contribution in [0.15, 0.2) is 24.4 Å². The van der Waals surface area contributed by atoms with Gasteiger partial charge >= 0.3 is 0 Å².